The Hall–Kier alpha value is -2.10. The van der Waals surface area contributed by atoms with Crippen LogP contribution in [0.4, 0.5) is 5.82 Å². The summed E-state index contributed by atoms with van der Waals surface area (Å²) in [5.74, 6) is 0.330. The number of benzene rings is 1. The normalized spacial score (nSPS) is 15.1. The highest BCUT2D eigenvalue weighted by Crippen LogP contribution is 2.30. The molecule has 1 aromatic carbocycles. The van der Waals surface area contributed by atoms with Crippen molar-refractivity contribution in [2.24, 2.45) is 5.92 Å². The number of carboxylic acids is 1. The third kappa shape index (κ3) is 2.33. The zero-order valence-electron chi connectivity index (χ0n) is 11.5. The van der Waals surface area contributed by atoms with Gasteiger partial charge in [-0.15, -0.1) is 0 Å². The Morgan fingerprint density at radius 1 is 1.40 bits per heavy atom. The van der Waals surface area contributed by atoms with Crippen LogP contribution in [-0.2, 0) is 0 Å². The molecule has 1 heterocycles. The van der Waals surface area contributed by atoms with Gasteiger partial charge in [0.2, 0.25) is 0 Å². The summed E-state index contributed by atoms with van der Waals surface area (Å²) in [6.07, 6.45) is 3.76. The summed E-state index contributed by atoms with van der Waals surface area (Å²) >= 11 is 0. The van der Waals surface area contributed by atoms with Gasteiger partial charge in [-0.3, -0.25) is 0 Å². The highest BCUT2D eigenvalue weighted by Gasteiger charge is 2.22. The van der Waals surface area contributed by atoms with Crippen molar-refractivity contribution >= 4 is 22.7 Å². The Balaban J connectivity index is 2.01. The number of pyridine rings is 1. The van der Waals surface area contributed by atoms with Crippen molar-refractivity contribution in [1.29, 1.82) is 0 Å². The molecule has 0 aliphatic heterocycles. The molecule has 104 valence electrons. The predicted octanol–water partition coefficient (Wildman–Crippen LogP) is 3.17. The van der Waals surface area contributed by atoms with E-state index in [1.807, 2.05) is 36.2 Å². The van der Waals surface area contributed by atoms with Gasteiger partial charge in [0.25, 0.3) is 0 Å². The molecule has 0 saturated heterocycles. The molecule has 1 aliphatic rings. The van der Waals surface area contributed by atoms with Gasteiger partial charge in [-0.25, -0.2) is 9.78 Å². The van der Waals surface area contributed by atoms with Gasteiger partial charge in [-0.2, -0.15) is 0 Å². The summed E-state index contributed by atoms with van der Waals surface area (Å²) in [6, 6.07) is 9.35. The molecule has 1 aromatic heterocycles. The maximum absolute atomic E-state index is 11.5. The standard InChI is InChI=1S/C16H18N2O2/c1-18(10-11-5-4-6-11)15-13(16(19)20)9-12-7-2-3-8-14(12)17-15/h2-3,7-9,11H,4-6,10H2,1H3,(H,19,20). The molecule has 0 spiro atoms. The summed E-state index contributed by atoms with van der Waals surface area (Å²) in [7, 11) is 1.93. The third-order valence-electron chi connectivity index (χ3n) is 4.05. The third-order valence-corrected chi connectivity index (χ3v) is 4.05. The van der Waals surface area contributed by atoms with E-state index >= 15 is 0 Å². The number of para-hydroxylation sites is 1. The predicted molar refractivity (Wildman–Crippen MR) is 79.3 cm³/mol. The first-order valence-electron chi connectivity index (χ1n) is 6.99. The molecule has 1 N–H and O–H groups in total. The average molecular weight is 270 g/mol. The Labute approximate surface area is 118 Å². The van der Waals surface area contributed by atoms with E-state index in [2.05, 4.69) is 4.98 Å². The minimum Gasteiger partial charge on any atom is -0.478 e. The fourth-order valence-corrected chi connectivity index (χ4v) is 2.70. The molecule has 4 heteroatoms. The van der Waals surface area contributed by atoms with E-state index in [4.69, 9.17) is 0 Å². The fourth-order valence-electron chi connectivity index (χ4n) is 2.70. The fraction of sp³-hybridized carbons (Fsp3) is 0.375. The first-order chi connectivity index (χ1) is 9.65. The van der Waals surface area contributed by atoms with E-state index in [-0.39, 0.29) is 5.56 Å². The number of anilines is 1. The molecule has 0 radical (unpaired) electrons. The van der Waals surface area contributed by atoms with E-state index < -0.39 is 5.97 Å². The van der Waals surface area contributed by atoms with Gasteiger partial charge in [0.05, 0.1) is 5.52 Å². The average Bonchev–Trinajstić information content (AvgIpc) is 2.41. The van der Waals surface area contributed by atoms with E-state index in [1.54, 1.807) is 6.07 Å². The summed E-state index contributed by atoms with van der Waals surface area (Å²) in [5.41, 5.74) is 1.12. The highest BCUT2D eigenvalue weighted by molar-refractivity contribution is 5.98. The highest BCUT2D eigenvalue weighted by atomic mass is 16.4. The summed E-state index contributed by atoms with van der Waals surface area (Å²) in [4.78, 5) is 18.0. The number of aromatic carboxylic acids is 1. The quantitative estimate of drug-likeness (QED) is 0.927. The number of rotatable bonds is 4. The first-order valence-corrected chi connectivity index (χ1v) is 6.99. The molecular weight excluding hydrogens is 252 g/mol. The lowest BCUT2D eigenvalue weighted by Gasteiger charge is -2.31. The Morgan fingerprint density at radius 3 is 2.80 bits per heavy atom. The van der Waals surface area contributed by atoms with Crippen LogP contribution in [0.25, 0.3) is 10.9 Å². The number of aromatic nitrogens is 1. The van der Waals surface area contributed by atoms with Crippen molar-refractivity contribution in [2.75, 3.05) is 18.5 Å². The second-order valence-corrected chi connectivity index (χ2v) is 5.53. The molecule has 3 rings (SSSR count). The van der Waals surface area contributed by atoms with E-state index in [1.165, 1.54) is 19.3 Å². The zero-order chi connectivity index (χ0) is 14.1. The Kier molecular flexibility index (Phi) is 3.30. The molecule has 20 heavy (non-hydrogen) atoms. The molecule has 0 atom stereocenters. The van der Waals surface area contributed by atoms with Crippen molar-refractivity contribution in [3.8, 4) is 0 Å². The van der Waals surface area contributed by atoms with Crippen LogP contribution in [0.2, 0.25) is 0 Å². The number of hydrogen-bond donors (Lipinski definition) is 1. The van der Waals surface area contributed by atoms with Gasteiger partial charge >= 0.3 is 5.97 Å². The van der Waals surface area contributed by atoms with Crippen LogP contribution in [-0.4, -0.2) is 29.7 Å². The van der Waals surface area contributed by atoms with Crippen LogP contribution in [0.5, 0.6) is 0 Å². The number of carboxylic acid groups (broad SMARTS) is 1. The Morgan fingerprint density at radius 2 is 2.15 bits per heavy atom. The lowest BCUT2D eigenvalue weighted by Crippen LogP contribution is -2.31. The van der Waals surface area contributed by atoms with Crippen LogP contribution in [0.1, 0.15) is 29.6 Å². The lowest BCUT2D eigenvalue weighted by molar-refractivity contribution is 0.0697. The lowest BCUT2D eigenvalue weighted by atomic mass is 9.85. The molecule has 4 nitrogen and oxygen atoms in total. The molecular formula is C16H18N2O2. The number of carbonyl (C=O) groups is 1. The van der Waals surface area contributed by atoms with Crippen LogP contribution >= 0.6 is 0 Å². The number of fused-ring (bicyclic) bond motifs is 1. The molecule has 2 aromatic rings. The van der Waals surface area contributed by atoms with Crippen LogP contribution in [0.3, 0.4) is 0 Å². The van der Waals surface area contributed by atoms with E-state index in [9.17, 15) is 9.90 Å². The van der Waals surface area contributed by atoms with Crippen LogP contribution in [0.15, 0.2) is 30.3 Å². The molecule has 1 aliphatic carbocycles. The molecule has 0 amide bonds. The number of nitrogens with zero attached hydrogens (tertiary/aromatic N) is 2. The maximum Gasteiger partial charge on any atom is 0.339 e. The van der Waals surface area contributed by atoms with Gasteiger partial charge in [0.1, 0.15) is 11.4 Å². The smallest absolute Gasteiger partial charge is 0.339 e. The van der Waals surface area contributed by atoms with Gasteiger partial charge in [0.15, 0.2) is 0 Å². The van der Waals surface area contributed by atoms with Gasteiger partial charge in [-0.05, 0) is 30.9 Å². The number of hydrogen-bond acceptors (Lipinski definition) is 3. The van der Waals surface area contributed by atoms with E-state index in [0.29, 0.717) is 11.7 Å². The van der Waals surface area contributed by atoms with Crippen molar-refractivity contribution in [2.45, 2.75) is 19.3 Å². The SMILES string of the molecule is CN(CC1CCC1)c1nc2ccccc2cc1C(=O)O. The monoisotopic (exact) mass is 270 g/mol. The van der Waals surface area contributed by atoms with Crippen molar-refractivity contribution in [3.63, 3.8) is 0 Å². The van der Waals surface area contributed by atoms with Crippen molar-refractivity contribution in [3.05, 3.63) is 35.9 Å². The summed E-state index contributed by atoms with van der Waals surface area (Å²) in [5, 5.41) is 10.3. The van der Waals surface area contributed by atoms with E-state index in [0.717, 1.165) is 17.4 Å². The maximum atomic E-state index is 11.5. The molecule has 1 saturated carbocycles. The second kappa shape index (κ2) is 5.12. The molecule has 0 unspecified atom stereocenters. The van der Waals surface area contributed by atoms with Gasteiger partial charge in [0, 0.05) is 19.0 Å². The van der Waals surface area contributed by atoms with Crippen molar-refractivity contribution < 1.29 is 9.90 Å². The van der Waals surface area contributed by atoms with Gasteiger partial charge < -0.3 is 10.0 Å². The minimum absolute atomic E-state index is 0.283. The molecule has 0 bridgehead atoms. The Bertz CT molecular complexity index is 650. The van der Waals surface area contributed by atoms with Gasteiger partial charge in [-0.1, -0.05) is 24.6 Å². The zero-order valence-corrected chi connectivity index (χ0v) is 11.5. The van der Waals surface area contributed by atoms with Crippen molar-refractivity contribution in [1.82, 2.24) is 4.98 Å². The van der Waals surface area contributed by atoms with Crippen LogP contribution < -0.4 is 4.90 Å². The summed E-state index contributed by atoms with van der Waals surface area (Å²) in [6.45, 7) is 0.881. The first kappa shape index (κ1) is 12.9. The topological polar surface area (TPSA) is 53.4 Å². The minimum atomic E-state index is -0.918. The van der Waals surface area contributed by atoms with Crippen LogP contribution in [0, 0.1) is 5.92 Å². The molecule has 1 fully saturated rings. The second-order valence-electron chi connectivity index (χ2n) is 5.53. The largest absolute Gasteiger partial charge is 0.478 e. The summed E-state index contributed by atoms with van der Waals surface area (Å²) < 4.78 is 0.